The van der Waals surface area contributed by atoms with Crippen LogP contribution in [0, 0.1) is 5.41 Å². The maximum atomic E-state index is 12.4. The number of amides is 2. The minimum atomic E-state index is -0.649. The summed E-state index contributed by atoms with van der Waals surface area (Å²) < 4.78 is 0. The molecule has 132 valence electrons. The molecule has 24 heavy (non-hydrogen) atoms. The first-order valence-electron chi connectivity index (χ1n) is 7.90. The van der Waals surface area contributed by atoms with Crippen molar-refractivity contribution in [1.82, 2.24) is 9.80 Å². The van der Waals surface area contributed by atoms with Gasteiger partial charge in [0, 0.05) is 38.2 Å². The average Bonchev–Trinajstić information content (AvgIpc) is 2.50. The number of nitrogens with zero attached hydrogens (tertiary/aromatic N) is 2. The second kappa shape index (κ2) is 6.59. The Labute approximate surface area is 141 Å². The Morgan fingerprint density at radius 2 is 1.42 bits per heavy atom. The Kier molecular flexibility index (Phi) is 4.91. The summed E-state index contributed by atoms with van der Waals surface area (Å²) in [6.45, 7) is 7.71. The van der Waals surface area contributed by atoms with Crippen LogP contribution in [0.1, 0.15) is 37.6 Å². The van der Waals surface area contributed by atoms with Gasteiger partial charge in [-0.2, -0.15) is 0 Å². The number of benzene rings is 1. The Morgan fingerprint density at radius 3 is 1.88 bits per heavy atom. The second-order valence-electron chi connectivity index (χ2n) is 7.27. The number of piperazine rings is 1. The topological polar surface area (TPSA) is 101 Å². The lowest BCUT2D eigenvalue weighted by atomic mass is 9.91. The van der Waals surface area contributed by atoms with Crippen LogP contribution < -0.4 is 0 Å². The number of carbonyl (C=O) groups is 2. The number of hydrogen-bond acceptors (Lipinski definition) is 5. The Morgan fingerprint density at radius 1 is 0.958 bits per heavy atom. The summed E-state index contributed by atoms with van der Waals surface area (Å²) in [4.78, 5) is 28.0. The number of aromatic hydroxyl groups is 3. The van der Waals surface area contributed by atoms with Crippen molar-refractivity contribution in [2.24, 2.45) is 5.41 Å². The van der Waals surface area contributed by atoms with Gasteiger partial charge in [-0.25, -0.2) is 0 Å². The van der Waals surface area contributed by atoms with Crippen molar-refractivity contribution < 1.29 is 24.9 Å². The van der Waals surface area contributed by atoms with E-state index in [4.69, 9.17) is 0 Å². The zero-order valence-corrected chi connectivity index (χ0v) is 14.2. The molecule has 7 nitrogen and oxygen atoms in total. The zero-order valence-electron chi connectivity index (χ0n) is 14.2. The molecular weight excluding hydrogens is 312 g/mol. The fourth-order valence-corrected chi connectivity index (χ4v) is 2.63. The van der Waals surface area contributed by atoms with Gasteiger partial charge in [0.15, 0.2) is 17.2 Å². The maximum absolute atomic E-state index is 12.4. The fraction of sp³-hybridized carbons (Fsp3) is 0.529. The van der Waals surface area contributed by atoms with E-state index in [1.54, 1.807) is 9.80 Å². The third-order valence-electron chi connectivity index (χ3n) is 3.92. The molecule has 0 saturated carbocycles. The quantitative estimate of drug-likeness (QED) is 0.711. The van der Waals surface area contributed by atoms with Crippen LogP contribution in [-0.4, -0.2) is 63.1 Å². The highest BCUT2D eigenvalue weighted by atomic mass is 16.3. The summed E-state index contributed by atoms with van der Waals surface area (Å²) in [6.07, 6.45) is 0.459. The third-order valence-corrected chi connectivity index (χ3v) is 3.92. The summed E-state index contributed by atoms with van der Waals surface area (Å²) in [7, 11) is 0. The van der Waals surface area contributed by atoms with Gasteiger partial charge < -0.3 is 25.1 Å². The van der Waals surface area contributed by atoms with E-state index >= 15 is 0 Å². The summed E-state index contributed by atoms with van der Waals surface area (Å²) in [5, 5.41) is 28.4. The highest BCUT2D eigenvalue weighted by molar-refractivity contribution is 5.95. The summed E-state index contributed by atoms with van der Waals surface area (Å²) in [5.74, 6) is -2.02. The molecule has 0 spiro atoms. The van der Waals surface area contributed by atoms with E-state index < -0.39 is 17.2 Å². The van der Waals surface area contributed by atoms with E-state index in [2.05, 4.69) is 0 Å². The molecule has 1 aromatic rings. The maximum Gasteiger partial charge on any atom is 0.254 e. The lowest BCUT2D eigenvalue weighted by molar-refractivity contribution is -0.134. The predicted molar refractivity (Wildman–Crippen MR) is 88.0 cm³/mol. The van der Waals surface area contributed by atoms with Crippen LogP contribution in [0.5, 0.6) is 17.2 Å². The van der Waals surface area contributed by atoms with Gasteiger partial charge >= 0.3 is 0 Å². The molecule has 0 aromatic heterocycles. The monoisotopic (exact) mass is 336 g/mol. The van der Waals surface area contributed by atoms with Crippen molar-refractivity contribution in [3.63, 3.8) is 0 Å². The summed E-state index contributed by atoms with van der Waals surface area (Å²) in [6, 6.07) is 2.24. The van der Waals surface area contributed by atoms with Gasteiger partial charge in [0.2, 0.25) is 5.91 Å². The van der Waals surface area contributed by atoms with Crippen molar-refractivity contribution in [3.8, 4) is 17.2 Å². The van der Waals surface area contributed by atoms with E-state index in [1.165, 1.54) is 0 Å². The van der Waals surface area contributed by atoms with Gasteiger partial charge in [0.1, 0.15) is 0 Å². The SMILES string of the molecule is CC(C)(C)CC(=O)N1CCN(C(=O)c2cc(O)c(O)c(O)c2)CC1. The highest BCUT2D eigenvalue weighted by Gasteiger charge is 2.27. The van der Waals surface area contributed by atoms with Crippen LogP contribution in [0.3, 0.4) is 0 Å². The van der Waals surface area contributed by atoms with Gasteiger partial charge in [-0.05, 0) is 17.5 Å². The van der Waals surface area contributed by atoms with E-state index in [-0.39, 0.29) is 22.8 Å². The standard InChI is InChI=1S/C17H24N2O5/c1-17(2,3)10-14(22)18-4-6-19(7-5-18)16(24)11-8-12(20)15(23)13(21)9-11/h8-9,20-21,23H,4-7,10H2,1-3H3. The van der Waals surface area contributed by atoms with Gasteiger partial charge in [-0.1, -0.05) is 20.8 Å². The molecule has 1 saturated heterocycles. The van der Waals surface area contributed by atoms with E-state index in [9.17, 15) is 24.9 Å². The normalized spacial score (nSPS) is 15.5. The lowest BCUT2D eigenvalue weighted by Gasteiger charge is -2.36. The van der Waals surface area contributed by atoms with E-state index in [0.29, 0.717) is 32.6 Å². The first kappa shape index (κ1) is 17.9. The second-order valence-corrected chi connectivity index (χ2v) is 7.27. The van der Waals surface area contributed by atoms with Crippen molar-refractivity contribution in [2.75, 3.05) is 26.2 Å². The molecular formula is C17H24N2O5. The smallest absolute Gasteiger partial charge is 0.254 e. The zero-order chi connectivity index (χ0) is 18.1. The largest absolute Gasteiger partial charge is 0.504 e. The van der Waals surface area contributed by atoms with Crippen LogP contribution in [-0.2, 0) is 4.79 Å². The Balaban J connectivity index is 1.99. The molecule has 1 heterocycles. The summed E-state index contributed by atoms with van der Waals surface area (Å²) >= 11 is 0. The third kappa shape index (κ3) is 4.10. The van der Waals surface area contributed by atoms with E-state index in [1.807, 2.05) is 20.8 Å². The molecule has 0 radical (unpaired) electrons. The van der Waals surface area contributed by atoms with Gasteiger partial charge in [0.05, 0.1) is 0 Å². The molecule has 1 aromatic carbocycles. The van der Waals surface area contributed by atoms with Crippen LogP contribution >= 0.6 is 0 Å². The number of rotatable bonds is 2. The molecule has 0 atom stereocenters. The van der Waals surface area contributed by atoms with Crippen LogP contribution in [0.15, 0.2) is 12.1 Å². The van der Waals surface area contributed by atoms with Crippen molar-refractivity contribution >= 4 is 11.8 Å². The molecule has 7 heteroatoms. The number of phenols is 3. The first-order valence-corrected chi connectivity index (χ1v) is 7.90. The molecule has 2 rings (SSSR count). The number of phenolic OH excluding ortho intramolecular Hbond substituents is 3. The van der Waals surface area contributed by atoms with Crippen LogP contribution in [0.4, 0.5) is 0 Å². The molecule has 2 amide bonds. The van der Waals surface area contributed by atoms with Crippen molar-refractivity contribution in [1.29, 1.82) is 0 Å². The Bertz CT molecular complexity index is 620. The van der Waals surface area contributed by atoms with Crippen molar-refractivity contribution in [3.05, 3.63) is 17.7 Å². The van der Waals surface area contributed by atoms with Crippen LogP contribution in [0.2, 0.25) is 0 Å². The lowest BCUT2D eigenvalue weighted by Crippen LogP contribution is -2.51. The minimum Gasteiger partial charge on any atom is -0.504 e. The molecule has 3 N–H and O–H groups in total. The Hall–Kier alpha value is -2.44. The molecule has 1 aliphatic heterocycles. The number of hydrogen-bond donors (Lipinski definition) is 3. The van der Waals surface area contributed by atoms with Gasteiger partial charge in [-0.15, -0.1) is 0 Å². The molecule has 0 unspecified atom stereocenters. The van der Waals surface area contributed by atoms with Gasteiger partial charge in [-0.3, -0.25) is 9.59 Å². The van der Waals surface area contributed by atoms with Crippen LogP contribution in [0.25, 0.3) is 0 Å². The predicted octanol–water partition coefficient (Wildman–Crippen LogP) is 1.52. The van der Waals surface area contributed by atoms with Gasteiger partial charge in [0.25, 0.3) is 5.91 Å². The molecule has 1 aliphatic rings. The first-order chi connectivity index (χ1) is 11.1. The molecule has 1 fully saturated rings. The average molecular weight is 336 g/mol. The molecule has 0 aliphatic carbocycles. The van der Waals surface area contributed by atoms with E-state index in [0.717, 1.165) is 12.1 Å². The summed E-state index contributed by atoms with van der Waals surface area (Å²) in [5.41, 5.74) is 0.0164. The highest BCUT2D eigenvalue weighted by Crippen LogP contribution is 2.35. The number of carbonyl (C=O) groups excluding carboxylic acids is 2. The van der Waals surface area contributed by atoms with Crippen molar-refractivity contribution in [2.45, 2.75) is 27.2 Å². The molecule has 0 bridgehead atoms. The minimum absolute atomic E-state index is 0.0782. The fourth-order valence-electron chi connectivity index (χ4n) is 2.63.